The molecule has 1 aliphatic carbocycles. The van der Waals surface area contributed by atoms with Crippen LogP contribution < -0.4 is 5.73 Å². The van der Waals surface area contributed by atoms with Crippen LogP contribution in [0.4, 0.5) is 0 Å². The molecular formula is C25H28IN5O2S. The lowest BCUT2D eigenvalue weighted by Crippen LogP contribution is -2.39. The number of nitrogens with two attached hydrogens (primary N) is 1. The molecule has 178 valence electrons. The highest BCUT2D eigenvalue weighted by atomic mass is 127. The molecule has 0 spiro atoms. The Morgan fingerprint density at radius 1 is 1.18 bits per heavy atom. The van der Waals surface area contributed by atoms with Crippen molar-refractivity contribution in [2.24, 2.45) is 21.2 Å². The number of halogens is 1. The maximum absolute atomic E-state index is 10.7. The van der Waals surface area contributed by atoms with Crippen molar-refractivity contribution in [2.45, 2.75) is 37.7 Å². The Morgan fingerprint density at radius 2 is 1.94 bits per heavy atom. The van der Waals surface area contributed by atoms with Crippen molar-refractivity contribution < 1.29 is 9.84 Å². The maximum Gasteiger partial charge on any atom is 0.143 e. The molecule has 1 saturated carbocycles. The van der Waals surface area contributed by atoms with Gasteiger partial charge in [0, 0.05) is 40.1 Å². The fraction of sp³-hybridized carbons (Fsp3) is 0.360. The molecule has 1 atom stereocenters. The average Bonchev–Trinajstić information content (AvgIpc) is 3.22. The third-order valence-electron chi connectivity index (χ3n) is 6.58. The number of ether oxygens (including phenoxy) is 1. The van der Waals surface area contributed by atoms with E-state index in [0.717, 1.165) is 63.1 Å². The molecule has 3 aliphatic rings. The molecule has 5 rings (SSSR count). The van der Waals surface area contributed by atoms with E-state index in [-0.39, 0.29) is 0 Å². The number of aromatic nitrogens is 1. The van der Waals surface area contributed by atoms with E-state index in [2.05, 4.69) is 45.9 Å². The quantitative estimate of drug-likeness (QED) is 0.391. The zero-order valence-corrected chi connectivity index (χ0v) is 22.0. The Bertz CT molecular complexity index is 1190. The first kappa shape index (κ1) is 23.7. The fourth-order valence-electron chi connectivity index (χ4n) is 4.65. The monoisotopic (exact) mass is 589 g/mol. The van der Waals surface area contributed by atoms with Crippen LogP contribution in [0, 0.1) is 5.92 Å². The van der Waals surface area contributed by atoms with Crippen LogP contribution in [0.5, 0.6) is 0 Å². The largest absolute Gasteiger partial charge is 0.387 e. The highest BCUT2D eigenvalue weighted by molar-refractivity contribution is 14.1. The van der Waals surface area contributed by atoms with Gasteiger partial charge in [0.2, 0.25) is 0 Å². The van der Waals surface area contributed by atoms with E-state index < -0.39 is 16.5 Å². The molecule has 0 amide bonds. The Labute approximate surface area is 216 Å². The van der Waals surface area contributed by atoms with Crippen molar-refractivity contribution >= 4 is 50.2 Å². The summed E-state index contributed by atoms with van der Waals surface area (Å²) < 4.78 is 13.4. The lowest BCUT2D eigenvalue weighted by molar-refractivity contribution is -0.0597. The molecule has 0 radical (unpaired) electrons. The molecule has 1 aromatic carbocycles. The minimum Gasteiger partial charge on any atom is -0.387 e. The Morgan fingerprint density at radius 3 is 2.62 bits per heavy atom. The Kier molecular flexibility index (Phi) is 6.88. The smallest absolute Gasteiger partial charge is 0.143 e. The number of hydrazone groups is 1. The molecule has 3 heterocycles. The molecule has 1 aromatic heterocycles. The molecule has 7 nitrogen and oxygen atoms in total. The summed E-state index contributed by atoms with van der Waals surface area (Å²) in [6.45, 7) is 0.381. The molecular weight excluding hydrogens is 561 g/mol. The standard InChI is InChI=1S/C25H28IN5O2S/c1-33-16-25(32)11-9-18(10-12-25)22-13-20(26)24(27)31-29-15-23(34(31)30-22)19-7-8-21(28-14-19)17-5-3-2-4-6-17/h2-8,14-15,18,32H,9-13,16,27H2,1H3. The van der Waals surface area contributed by atoms with Crippen LogP contribution in [-0.2, 0) is 4.74 Å². The fourth-order valence-corrected chi connectivity index (χ4v) is 7.14. The van der Waals surface area contributed by atoms with Gasteiger partial charge in [-0.05, 0) is 66.3 Å². The van der Waals surface area contributed by atoms with Gasteiger partial charge >= 0.3 is 0 Å². The number of benzene rings is 1. The number of nitrogens with zero attached hydrogens (tertiary/aromatic N) is 4. The molecule has 34 heavy (non-hydrogen) atoms. The number of methoxy groups -OCH3 is 1. The van der Waals surface area contributed by atoms with Crippen LogP contribution in [0.25, 0.3) is 11.3 Å². The molecule has 9 heteroatoms. The zero-order valence-electron chi connectivity index (χ0n) is 19.0. The predicted molar refractivity (Wildman–Crippen MR) is 148 cm³/mol. The third-order valence-corrected chi connectivity index (χ3v) is 9.28. The minimum absolute atomic E-state index is 0.322. The molecule has 2 aliphatic heterocycles. The third kappa shape index (κ3) is 4.71. The van der Waals surface area contributed by atoms with Crippen molar-refractivity contribution in [1.29, 1.82) is 0 Å². The van der Waals surface area contributed by atoms with E-state index in [0.29, 0.717) is 18.3 Å². The minimum atomic E-state index is -0.729. The first-order valence-electron chi connectivity index (χ1n) is 11.4. The number of hydrogen-bond acceptors (Lipinski definition) is 7. The van der Waals surface area contributed by atoms with E-state index in [1.54, 1.807) is 7.11 Å². The molecule has 2 aromatic rings. The van der Waals surface area contributed by atoms with Crippen LogP contribution in [-0.4, -0.2) is 50.6 Å². The van der Waals surface area contributed by atoms with Gasteiger partial charge in [0.25, 0.3) is 0 Å². The summed E-state index contributed by atoms with van der Waals surface area (Å²) in [5.41, 5.74) is 9.95. The van der Waals surface area contributed by atoms with Crippen LogP contribution in [0.1, 0.15) is 37.7 Å². The summed E-state index contributed by atoms with van der Waals surface area (Å²) in [6, 6.07) is 14.3. The first-order valence-corrected chi connectivity index (χ1v) is 13.6. The summed E-state index contributed by atoms with van der Waals surface area (Å²) in [6.07, 6.45) is 7.71. The van der Waals surface area contributed by atoms with Crippen molar-refractivity contribution in [3.8, 4) is 11.3 Å². The number of hydrogen-bond donors (Lipinski definition) is 2. The SMILES string of the molecule is COCC1(O)CCC(C2=NS3=C(c4ccc(-c5ccccc5)nc4)C=NN3C(N)=C(I)C2)CC1. The van der Waals surface area contributed by atoms with Gasteiger partial charge < -0.3 is 15.6 Å². The van der Waals surface area contributed by atoms with Gasteiger partial charge in [0.15, 0.2) is 0 Å². The van der Waals surface area contributed by atoms with Crippen LogP contribution in [0.15, 0.2) is 67.6 Å². The molecule has 1 unspecified atom stereocenters. The average molecular weight is 590 g/mol. The number of fused-ring (bicyclic) bond motifs is 1. The van der Waals surface area contributed by atoms with E-state index in [9.17, 15) is 5.11 Å². The lowest BCUT2D eigenvalue weighted by atomic mass is 9.77. The van der Waals surface area contributed by atoms with E-state index >= 15 is 0 Å². The number of pyridine rings is 1. The molecule has 0 saturated heterocycles. The summed E-state index contributed by atoms with van der Waals surface area (Å²) >= 11 is 2.32. The van der Waals surface area contributed by atoms with Gasteiger partial charge in [-0.2, -0.15) is 9.52 Å². The second-order valence-corrected chi connectivity index (χ2v) is 11.7. The predicted octanol–water partition coefficient (Wildman–Crippen LogP) is 4.64. The van der Waals surface area contributed by atoms with Gasteiger partial charge in [-0.15, -0.1) is 0 Å². The van der Waals surface area contributed by atoms with Crippen molar-refractivity contribution in [3.05, 3.63) is 63.6 Å². The second-order valence-electron chi connectivity index (χ2n) is 8.93. The topological polar surface area (TPSA) is 96.3 Å². The Balaban J connectivity index is 1.47. The van der Waals surface area contributed by atoms with Gasteiger partial charge in [-0.1, -0.05) is 30.3 Å². The highest BCUT2D eigenvalue weighted by Gasteiger charge is 2.36. The van der Waals surface area contributed by atoms with Gasteiger partial charge in [-0.25, -0.2) is 4.40 Å². The highest BCUT2D eigenvalue weighted by Crippen LogP contribution is 2.42. The Hall–Kier alpha value is -2.08. The molecule has 1 fully saturated rings. The summed E-state index contributed by atoms with van der Waals surface area (Å²) in [4.78, 5) is 5.72. The van der Waals surface area contributed by atoms with E-state index in [1.807, 2.05) is 41.1 Å². The van der Waals surface area contributed by atoms with E-state index in [4.69, 9.17) is 19.9 Å². The zero-order chi connectivity index (χ0) is 23.7. The summed E-state index contributed by atoms with van der Waals surface area (Å²) in [7, 11) is 0.996. The molecule has 3 N–H and O–H groups in total. The van der Waals surface area contributed by atoms with Gasteiger partial charge in [-0.3, -0.25) is 4.98 Å². The summed E-state index contributed by atoms with van der Waals surface area (Å²) in [5.74, 6) is 0.983. The van der Waals surface area contributed by atoms with Crippen LogP contribution in [0.2, 0.25) is 0 Å². The summed E-state index contributed by atoms with van der Waals surface area (Å²) in [5, 5.41) is 15.4. The number of allylic oxidation sites excluding steroid dienone is 1. The van der Waals surface area contributed by atoms with Crippen molar-refractivity contribution in [3.63, 3.8) is 0 Å². The van der Waals surface area contributed by atoms with E-state index in [1.165, 1.54) is 0 Å². The maximum atomic E-state index is 10.7. The first-order chi connectivity index (χ1) is 16.5. The van der Waals surface area contributed by atoms with Crippen LogP contribution in [0.3, 0.4) is 0 Å². The van der Waals surface area contributed by atoms with Gasteiger partial charge in [0.1, 0.15) is 5.82 Å². The second kappa shape index (κ2) is 9.88. The number of aliphatic hydroxyl groups is 1. The molecule has 0 bridgehead atoms. The van der Waals surface area contributed by atoms with Crippen molar-refractivity contribution in [2.75, 3.05) is 13.7 Å². The van der Waals surface area contributed by atoms with Gasteiger partial charge in [0.05, 0.1) is 39.8 Å². The lowest BCUT2D eigenvalue weighted by Gasteiger charge is -2.35. The number of rotatable bonds is 5. The van der Waals surface area contributed by atoms with Crippen molar-refractivity contribution in [1.82, 2.24) is 9.40 Å². The van der Waals surface area contributed by atoms with Crippen LogP contribution >= 0.6 is 33.4 Å². The normalized spacial score (nSPS) is 27.0.